The third-order valence-corrected chi connectivity index (χ3v) is 6.86. The number of amides is 1. The number of para-hydroxylation sites is 1. The highest BCUT2D eigenvalue weighted by atomic mass is 19.1. The van der Waals surface area contributed by atoms with Crippen molar-refractivity contribution in [2.24, 2.45) is 5.41 Å². The molecule has 1 aromatic heterocycles. The van der Waals surface area contributed by atoms with Gasteiger partial charge >= 0.3 is 0 Å². The van der Waals surface area contributed by atoms with Crippen molar-refractivity contribution in [2.75, 3.05) is 13.1 Å². The van der Waals surface area contributed by atoms with Gasteiger partial charge in [-0.3, -0.25) is 4.79 Å². The molecule has 1 aliphatic carbocycles. The zero-order chi connectivity index (χ0) is 23.3. The summed E-state index contributed by atoms with van der Waals surface area (Å²) in [6.07, 6.45) is 1.97. The van der Waals surface area contributed by atoms with Gasteiger partial charge in [0.1, 0.15) is 11.6 Å². The van der Waals surface area contributed by atoms with Crippen LogP contribution in [0.3, 0.4) is 0 Å². The van der Waals surface area contributed by atoms with Crippen LogP contribution >= 0.6 is 0 Å². The molecule has 172 valence electrons. The number of aromatic nitrogens is 2. The summed E-state index contributed by atoms with van der Waals surface area (Å²) < 4.78 is 21.5. The first-order chi connectivity index (χ1) is 15.7. The van der Waals surface area contributed by atoms with Crippen molar-refractivity contribution < 1.29 is 13.9 Å². The Hall–Kier alpha value is -3.15. The highest BCUT2D eigenvalue weighted by Gasteiger charge is 2.54. The largest absolute Gasteiger partial charge is 0.490 e. The number of halogens is 1. The van der Waals surface area contributed by atoms with Crippen LogP contribution in [0.5, 0.6) is 5.75 Å². The Kier molecular flexibility index (Phi) is 5.26. The Bertz CT molecular complexity index is 1200. The van der Waals surface area contributed by atoms with Gasteiger partial charge in [0.15, 0.2) is 0 Å². The maximum Gasteiger partial charge on any atom is 0.257 e. The van der Waals surface area contributed by atoms with E-state index in [0.717, 1.165) is 37.3 Å². The number of aryl methyl sites for hydroxylation is 2. The van der Waals surface area contributed by atoms with Gasteiger partial charge in [-0.15, -0.1) is 0 Å². The number of benzene rings is 2. The van der Waals surface area contributed by atoms with Gasteiger partial charge < -0.3 is 9.64 Å². The molecule has 0 bridgehead atoms. The van der Waals surface area contributed by atoms with E-state index in [1.807, 2.05) is 37.8 Å². The van der Waals surface area contributed by atoms with E-state index in [4.69, 9.17) is 9.84 Å². The first-order valence-electron chi connectivity index (χ1n) is 11.6. The van der Waals surface area contributed by atoms with Crippen LogP contribution in [0.25, 0.3) is 5.69 Å². The maximum absolute atomic E-state index is 13.7. The molecule has 33 heavy (non-hydrogen) atoms. The Balaban J connectivity index is 1.27. The number of nitrogens with zero attached hydrogens (tertiary/aromatic N) is 3. The summed E-state index contributed by atoms with van der Waals surface area (Å²) in [6, 6.07) is 14.7. The zero-order valence-corrected chi connectivity index (χ0v) is 19.6. The topological polar surface area (TPSA) is 47.4 Å². The van der Waals surface area contributed by atoms with Gasteiger partial charge in [-0.1, -0.05) is 18.2 Å². The fourth-order valence-corrected chi connectivity index (χ4v) is 5.36. The van der Waals surface area contributed by atoms with Crippen LogP contribution in [0.2, 0.25) is 0 Å². The van der Waals surface area contributed by atoms with Crippen molar-refractivity contribution in [3.8, 4) is 11.4 Å². The van der Waals surface area contributed by atoms with Crippen LogP contribution in [0.4, 0.5) is 4.39 Å². The summed E-state index contributed by atoms with van der Waals surface area (Å²) in [6.45, 7) is 9.36. The van der Waals surface area contributed by atoms with Gasteiger partial charge in [-0.05, 0) is 70.4 Å². The van der Waals surface area contributed by atoms with E-state index in [1.165, 1.54) is 29.5 Å². The highest BCUT2D eigenvalue weighted by molar-refractivity contribution is 5.97. The van der Waals surface area contributed by atoms with Crippen molar-refractivity contribution in [3.05, 3.63) is 76.9 Å². The first-order valence-corrected chi connectivity index (χ1v) is 11.6. The van der Waals surface area contributed by atoms with Gasteiger partial charge in [0.25, 0.3) is 5.91 Å². The average molecular weight is 448 g/mol. The van der Waals surface area contributed by atoms with E-state index in [0.29, 0.717) is 17.2 Å². The number of ether oxygens (including phenoxy) is 1. The van der Waals surface area contributed by atoms with Gasteiger partial charge in [-0.25, -0.2) is 9.07 Å². The zero-order valence-electron chi connectivity index (χ0n) is 19.6. The van der Waals surface area contributed by atoms with Crippen LogP contribution in [-0.2, 0) is 0 Å². The first kappa shape index (κ1) is 21.7. The molecule has 5 nitrogen and oxygen atoms in total. The number of rotatable bonds is 5. The SMILES string of the molecule is Cc1cc(C2CC3(C2)CN(C(=O)c2ccc(F)cc2OC(C)C)C3)n(-c2ccccc2C)n1. The highest BCUT2D eigenvalue weighted by Crippen LogP contribution is 2.56. The standard InChI is InChI=1S/C27H30FN3O2/c1-17(2)33-25-12-21(28)9-10-22(25)26(32)30-15-27(16-30)13-20(14-27)24-11-19(4)29-31(24)23-8-6-5-7-18(23)3/h5-12,17,20H,13-16H2,1-4H3. The molecule has 0 unspecified atom stereocenters. The van der Waals surface area contributed by atoms with E-state index in [9.17, 15) is 9.18 Å². The lowest BCUT2D eigenvalue weighted by Gasteiger charge is -2.59. The van der Waals surface area contributed by atoms with Crippen molar-refractivity contribution in [3.63, 3.8) is 0 Å². The third kappa shape index (κ3) is 3.92. The predicted molar refractivity (Wildman–Crippen MR) is 126 cm³/mol. The molecule has 1 saturated carbocycles. The Morgan fingerprint density at radius 2 is 1.85 bits per heavy atom. The van der Waals surface area contributed by atoms with Gasteiger partial charge in [0.2, 0.25) is 0 Å². The molecule has 1 aliphatic heterocycles. The Morgan fingerprint density at radius 1 is 1.12 bits per heavy atom. The van der Waals surface area contributed by atoms with E-state index < -0.39 is 5.82 Å². The lowest BCUT2D eigenvalue weighted by molar-refractivity contribution is -0.0567. The number of carbonyl (C=O) groups is 1. The molecule has 1 saturated heterocycles. The number of likely N-dealkylation sites (tertiary alicyclic amines) is 1. The monoisotopic (exact) mass is 447 g/mol. The fourth-order valence-electron chi connectivity index (χ4n) is 5.36. The molecule has 1 amide bonds. The van der Waals surface area contributed by atoms with E-state index in [2.05, 4.69) is 29.8 Å². The van der Waals surface area contributed by atoms with Crippen LogP contribution < -0.4 is 4.74 Å². The molecule has 1 spiro atoms. The summed E-state index contributed by atoms with van der Waals surface area (Å²) in [4.78, 5) is 15.0. The summed E-state index contributed by atoms with van der Waals surface area (Å²) in [7, 11) is 0. The minimum atomic E-state index is -0.398. The summed E-state index contributed by atoms with van der Waals surface area (Å²) >= 11 is 0. The molecule has 3 aromatic rings. The lowest BCUT2D eigenvalue weighted by Crippen LogP contribution is -2.63. The van der Waals surface area contributed by atoms with Crippen molar-refractivity contribution in [1.29, 1.82) is 0 Å². The van der Waals surface area contributed by atoms with Crippen molar-refractivity contribution >= 4 is 5.91 Å². The van der Waals surface area contributed by atoms with Crippen molar-refractivity contribution in [1.82, 2.24) is 14.7 Å². The lowest BCUT2D eigenvalue weighted by atomic mass is 9.57. The maximum atomic E-state index is 13.7. The summed E-state index contributed by atoms with van der Waals surface area (Å²) in [5.74, 6) is 0.277. The molecule has 0 radical (unpaired) electrons. The second-order valence-corrected chi connectivity index (χ2v) is 9.98. The van der Waals surface area contributed by atoms with Crippen molar-refractivity contribution in [2.45, 2.75) is 52.6 Å². The molecule has 2 aliphatic rings. The average Bonchev–Trinajstić information content (AvgIpc) is 3.06. The predicted octanol–water partition coefficient (Wildman–Crippen LogP) is 5.44. The summed E-state index contributed by atoms with van der Waals surface area (Å²) in [5, 5.41) is 4.77. The van der Waals surface area contributed by atoms with E-state index in [1.54, 1.807) is 0 Å². The van der Waals surface area contributed by atoms with Crippen LogP contribution in [0, 0.1) is 25.1 Å². The molecular formula is C27H30FN3O2. The Morgan fingerprint density at radius 3 is 2.55 bits per heavy atom. The molecular weight excluding hydrogens is 417 g/mol. The van der Waals surface area contributed by atoms with Crippen LogP contribution in [0.1, 0.15) is 59.9 Å². The molecule has 5 rings (SSSR count). The molecule has 2 aromatic carbocycles. The fraction of sp³-hybridized carbons (Fsp3) is 0.407. The quantitative estimate of drug-likeness (QED) is 0.524. The third-order valence-electron chi connectivity index (χ3n) is 6.86. The second kappa shape index (κ2) is 8.01. The van der Waals surface area contributed by atoms with E-state index >= 15 is 0 Å². The molecule has 0 atom stereocenters. The number of hydrogen-bond acceptors (Lipinski definition) is 3. The number of hydrogen-bond donors (Lipinski definition) is 0. The number of carbonyl (C=O) groups excluding carboxylic acids is 1. The smallest absolute Gasteiger partial charge is 0.257 e. The minimum absolute atomic E-state index is 0.0829. The van der Waals surface area contributed by atoms with E-state index in [-0.39, 0.29) is 17.4 Å². The van der Waals surface area contributed by atoms with Crippen LogP contribution in [0.15, 0.2) is 48.5 Å². The molecule has 2 heterocycles. The second-order valence-electron chi connectivity index (χ2n) is 9.98. The van der Waals surface area contributed by atoms with Gasteiger partial charge in [0, 0.05) is 36.2 Å². The van der Waals surface area contributed by atoms with Crippen LogP contribution in [-0.4, -0.2) is 39.8 Å². The molecule has 0 N–H and O–H groups in total. The summed E-state index contributed by atoms with van der Waals surface area (Å²) in [5.41, 5.74) is 5.21. The normalized spacial score (nSPS) is 17.2. The molecule has 6 heteroatoms. The Labute approximate surface area is 194 Å². The minimum Gasteiger partial charge on any atom is -0.490 e. The molecule has 2 fully saturated rings. The van der Waals surface area contributed by atoms with Gasteiger partial charge in [0.05, 0.1) is 23.0 Å². The van der Waals surface area contributed by atoms with Gasteiger partial charge in [-0.2, -0.15) is 5.10 Å².